The second-order valence-corrected chi connectivity index (χ2v) is 4.64. The Balaban J connectivity index is 2.06. The smallest absolute Gasteiger partial charge is 0.123 e. The quantitative estimate of drug-likeness (QED) is 0.500. The Morgan fingerprint density at radius 1 is 0.737 bits per heavy atom. The Bertz CT molecular complexity index is 886. The molecule has 0 spiro atoms. The van der Waals surface area contributed by atoms with Gasteiger partial charge in [0.2, 0.25) is 0 Å². The molecular weight excluding hydrogens is 239 g/mol. The number of nitrogens with one attached hydrogen (secondary N) is 2. The fraction of sp³-hybridized carbons (Fsp3) is 0. The number of hydrogen-bond donors (Lipinski definition) is 2. The third-order valence-corrected chi connectivity index (χ3v) is 3.52. The summed E-state index contributed by atoms with van der Waals surface area (Å²) in [5.74, 6) is -0.215. The maximum atomic E-state index is 13.4. The number of aromatic nitrogens is 2. The first-order chi connectivity index (χ1) is 9.33. The molecule has 2 aromatic heterocycles. The van der Waals surface area contributed by atoms with Gasteiger partial charge in [-0.15, -0.1) is 0 Å². The van der Waals surface area contributed by atoms with Crippen LogP contribution in [0.4, 0.5) is 4.39 Å². The minimum absolute atomic E-state index is 0.215. The Labute approximate surface area is 108 Å². The molecule has 2 nitrogen and oxygen atoms in total. The third kappa shape index (κ3) is 1.48. The molecule has 3 heteroatoms. The summed E-state index contributed by atoms with van der Waals surface area (Å²) in [5.41, 5.74) is 4.14. The molecule has 2 N–H and O–H groups in total. The summed E-state index contributed by atoms with van der Waals surface area (Å²) < 4.78 is 13.4. The highest BCUT2D eigenvalue weighted by Gasteiger charge is 2.11. The molecular formula is C16H11FN2. The molecule has 19 heavy (non-hydrogen) atoms. The van der Waals surface area contributed by atoms with E-state index in [1.165, 1.54) is 6.07 Å². The molecule has 0 fully saturated rings. The maximum absolute atomic E-state index is 13.4. The number of para-hydroxylation sites is 1. The lowest BCUT2D eigenvalue weighted by molar-refractivity contribution is 0.630. The second-order valence-electron chi connectivity index (χ2n) is 4.64. The van der Waals surface area contributed by atoms with Crippen molar-refractivity contribution in [1.29, 1.82) is 0 Å². The largest absolute Gasteiger partial charge is 0.361 e. The van der Waals surface area contributed by atoms with Gasteiger partial charge in [0.15, 0.2) is 0 Å². The van der Waals surface area contributed by atoms with E-state index < -0.39 is 0 Å². The lowest BCUT2D eigenvalue weighted by Crippen LogP contribution is -1.75. The SMILES string of the molecule is Fc1ccc2[nH]cc(-c3c[nH]c4ccccc34)c2c1. The maximum Gasteiger partial charge on any atom is 0.123 e. The van der Waals surface area contributed by atoms with Crippen LogP contribution in [0.1, 0.15) is 0 Å². The number of aromatic amines is 2. The van der Waals surface area contributed by atoms with Crippen molar-refractivity contribution in [3.05, 3.63) is 60.7 Å². The van der Waals surface area contributed by atoms with Crippen LogP contribution in [0.3, 0.4) is 0 Å². The van der Waals surface area contributed by atoms with Crippen molar-refractivity contribution in [3.8, 4) is 11.1 Å². The van der Waals surface area contributed by atoms with Crippen molar-refractivity contribution in [2.75, 3.05) is 0 Å². The molecule has 0 bridgehead atoms. The molecule has 0 aliphatic rings. The van der Waals surface area contributed by atoms with Crippen LogP contribution < -0.4 is 0 Å². The minimum Gasteiger partial charge on any atom is -0.361 e. The van der Waals surface area contributed by atoms with Gasteiger partial charge in [-0.3, -0.25) is 0 Å². The molecule has 0 aliphatic heterocycles. The number of halogens is 1. The average molecular weight is 250 g/mol. The van der Waals surface area contributed by atoms with Crippen LogP contribution in [0, 0.1) is 5.82 Å². The lowest BCUT2D eigenvalue weighted by Gasteiger charge is -1.98. The Morgan fingerprint density at radius 2 is 1.42 bits per heavy atom. The predicted molar refractivity (Wildman–Crippen MR) is 75.5 cm³/mol. The first-order valence-electron chi connectivity index (χ1n) is 6.16. The summed E-state index contributed by atoms with van der Waals surface area (Å²) in [7, 11) is 0. The van der Waals surface area contributed by atoms with Crippen molar-refractivity contribution in [1.82, 2.24) is 9.97 Å². The molecule has 0 radical (unpaired) electrons. The summed E-state index contributed by atoms with van der Waals surface area (Å²) >= 11 is 0. The number of benzene rings is 2. The summed E-state index contributed by atoms with van der Waals surface area (Å²) in [6, 6.07) is 12.9. The van der Waals surface area contributed by atoms with Gasteiger partial charge < -0.3 is 9.97 Å². The molecule has 4 rings (SSSR count). The van der Waals surface area contributed by atoms with Crippen LogP contribution in [-0.2, 0) is 0 Å². The number of rotatable bonds is 1. The van der Waals surface area contributed by atoms with E-state index in [0.717, 1.165) is 32.9 Å². The molecule has 0 atom stereocenters. The van der Waals surface area contributed by atoms with Crippen molar-refractivity contribution in [3.63, 3.8) is 0 Å². The lowest BCUT2D eigenvalue weighted by atomic mass is 10.0. The van der Waals surface area contributed by atoms with E-state index >= 15 is 0 Å². The fourth-order valence-corrected chi connectivity index (χ4v) is 2.61. The van der Waals surface area contributed by atoms with Crippen molar-refractivity contribution in [2.45, 2.75) is 0 Å². The average Bonchev–Trinajstić information content (AvgIpc) is 3.01. The van der Waals surface area contributed by atoms with Gasteiger partial charge in [-0.2, -0.15) is 0 Å². The highest BCUT2D eigenvalue weighted by atomic mass is 19.1. The van der Waals surface area contributed by atoms with E-state index in [1.807, 2.05) is 30.6 Å². The summed E-state index contributed by atoms with van der Waals surface area (Å²) in [6.07, 6.45) is 3.90. The minimum atomic E-state index is -0.215. The van der Waals surface area contributed by atoms with E-state index in [0.29, 0.717) is 0 Å². The molecule has 4 aromatic rings. The van der Waals surface area contributed by atoms with Gasteiger partial charge in [0.25, 0.3) is 0 Å². The van der Waals surface area contributed by atoms with Gasteiger partial charge >= 0.3 is 0 Å². The Morgan fingerprint density at radius 3 is 2.26 bits per heavy atom. The molecule has 0 saturated heterocycles. The van der Waals surface area contributed by atoms with Gasteiger partial charge in [-0.05, 0) is 24.3 Å². The van der Waals surface area contributed by atoms with Crippen molar-refractivity contribution < 1.29 is 4.39 Å². The van der Waals surface area contributed by atoms with Gasteiger partial charge in [0.05, 0.1) is 0 Å². The van der Waals surface area contributed by atoms with Crippen LogP contribution in [-0.4, -0.2) is 9.97 Å². The van der Waals surface area contributed by atoms with E-state index in [4.69, 9.17) is 0 Å². The zero-order valence-corrected chi connectivity index (χ0v) is 10.1. The normalized spacial score (nSPS) is 11.4. The highest BCUT2D eigenvalue weighted by Crippen LogP contribution is 2.33. The molecule has 2 heterocycles. The standard InChI is InChI=1S/C16H11FN2/c17-10-5-6-16-12(7-10)14(9-19-16)13-8-18-15-4-2-1-3-11(13)15/h1-9,18-19H. The van der Waals surface area contributed by atoms with Crippen LogP contribution in [0.5, 0.6) is 0 Å². The highest BCUT2D eigenvalue weighted by molar-refractivity contribution is 6.04. The van der Waals surface area contributed by atoms with Gasteiger partial charge in [0.1, 0.15) is 5.82 Å². The molecule has 2 aromatic carbocycles. The van der Waals surface area contributed by atoms with Crippen LogP contribution in [0.25, 0.3) is 32.9 Å². The van der Waals surface area contributed by atoms with Crippen LogP contribution in [0.2, 0.25) is 0 Å². The van der Waals surface area contributed by atoms with Crippen LogP contribution in [0.15, 0.2) is 54.9 Å². The molecule has 0 amide bonds. The van der Waals surface area contributed by atoms with Crippen molar-refractivity contribution in [2.24, 2.45) is 0 Å². The fourth-order valence-electron chi connectivity index (χ4n) is 2.61. The number of H-pyrrole nitrogens is 2. The monoisotopic (exact) mass is 250 g/mol. The van der Waals surface area contributed by atoms with Gasteiger partial charge in [-0.1, -0.05) is 18.2 Å². The first kappa shape index (κ1) is 10.4. The zero-order chi connectivity index (χ0) is 12.8. The zero-order valence-electron chi connectivity index (χ0n) is 10.1. The molecule has 0 unspecified atom stereocenters. The van der Waals surface area contributed by atoms with E-state index in [1.54, 1.807) is 12.1 Å². The first-order valence-corrected chi connectivity index (χ1v) is 6.16. The third-order valence-electron chi connectivity index (χ3n) is 3.52. The Hall–Kier alpha value is -2.55. The van der Waals surface area contributed by atoms with Gasteiger partial charge in [0, 0.05) is 45.3 Å². The summed E-state index contributed by atoms with van der Waals surface area (Å²) in [6.45, 7) is 0. The van der Waals surface area contributed by atoms with E-state index in [-0.39, 0.29) is 5.82 Å². The molecule has 92 valence electrons. The van der Waals surface area contributed by atoms with E-state index in [9.17, 15) is 4.39 Å². The predicted octanol–water partition coefficient (Wildman–Crippen LogP) is 4.46. The second kappa shape index (κ2) is 3.72. The van der Waals surface area contributed by atoms with Crippen molar-refractivity contribution >= 4 is 21.8 Å². The summed E-state index contributed by atoms with van der Waals surface area (Å²) in [5, 5.41) is 2.05. The van der Waals surface area contributed by atoms with Gasteiger partial charge in [-0.25, -0.2) is 4.39 Å². The molecule has 0 aliphatic carbocycles. The van der Waals surface area contributed by atoms with E-state index in [2.05, 4.69) is 16.0 Å². The molecule has 0 saturated carbocycles. The Kier molecular flexibility index (Phi) is 2.03. The van der Waals surface area contributed by atoms with Crippen LogP contribution >= 0.6 is 0 Å². The number of fused-ring (bicyclic) bond motifs is 2. The topological polar surface area (TPSA) is 31.6 Å². The summed E-state index contributed by atoms with van der Waals surface area (Å²) in [4.78, 5) is 6.44. The number of hydrogen-bond acceptors (Lipinski definition) is 0.